The zero-order valence-corrected chi connectivity index (χ0v) is 15.1. The van der Waals surface area contributed by atoms with Crippen molar-refractivity contribution in [1.82, 2.24) is 0 Å². The van der Waals surface area contributed by atoms with Gasteiger partial charge in [0.25, 0.3) is 5.09 Å². The Hall–Kier alpha value is -1.82. The van der Waals surface area contributed by atoms with Crippen molar-refractivity contribution < 1.29 is 20.1 Å². The molecule has 0 heterocycles. The van der Waals surface area contributed by atoms with Crippen LogP contribution in [0.2, 0.25) is 0 Å². The number of aliphatic hydroxyl groups excluding tert-OH is 1. The lowest BCUT2D eigenvalue weighted by molar-refractivity contribution is -0.757. The van der Waals surface area contributed by atoms with E-state index in [0.717, 1.165) is 43.2 Å². The summed E-state index contributed by atoms with van der Waals surface area (Å²) >= 11 is 0. The van der Waals surface area contributed by atoms with E-state index in [1.807, 2.05) is 12.1 Å². The number of unbranched alkanes of at least 4 members (excludes halogenated alkanes) is 1. The van der Waals surface area contributed by atoms with Crippen LogP contribution in [0.15, 0.2) is 18.2 Å². The summed E-state index contributed by atoms with van der Waals surface area (Å²) in [5.41, 5.74) is 1.86. The van der Waals surface area contributed by atoms with E-state index < -0.39 is 5.09 Å². The monoisotopic (exact) mass is 351 g/mol. The highest BCUT2D eigenvalue weighted by Crippen LogP contribution is 2.39. The van der Waals surface area contributed by atoms with E-state index in [4.69, 9.17) is 0 Å². The number of hydrogen-bond donors (Lipinski definition) is 2. The van der Waals surface area contributed by atoms with E-state index in [-0.39, 0.29) is 24.0 Å². The molecule has 2 N–H and O–H groups in total. The number of aromatic hydroxyl groups is 1. The minimum absolute atomic E-state index is 0.122. The fraction of sp³-hybridized carbons (Fsp3) is 0.684. The number of nitrogens with zero attached hydrogens (tertiary/aromatic N) is 1. The Morgan fingerprint density at radius 2 is 2.08 bits per heavy atom. The molecule has 1 aromatic carbocycles. The summed E-state index contributed by atoms with van der Waals surface area (Å²) in [6.45, 7) is 4.34. The molecule has 2 atom stereocenters. The number of aliphatic hydroxyl groups is 1. The van der Waals surface area contributed by atoms with Crippen molar-refractivity contribution in [1.29, 1.82) is 0 Å². The number of phenolic OH excluding ortho intramolecular Hbond substituents is 1. The summed E-state index contributed by atoms with van der Waals surface area (Å²) in [5.74, 6) is 0.529. The highest BCUT2D eigenvalue weighted by atomic mass is 16.9. The van der Waals surface area contributed by atoms with Gasteiger partial charge in [-0.1, -0.05) is 38.8 Å². The summed E-state index contributed by atoms with van der Waals surface area (Å²) in [4.78, 5) is 14.5. The molecule has 2 rings (SSSR count). The molecular weight excluding hydrogens is 322 g/mol. The third-order valence-corrected chi connectivity index (χ3v) is 5.29. The summed E-state index contributed by atoms with van der Waals surface area (Å²) in [5, 5.41) is 29.7. The highest BCUT2D eigenvalue weighted by molar-refractivity contribution is 5.41. The number of hydrogen-bond acceptors (Lipinski definition) is 5. The van der Waals surface area contributed by atoms with Crippen LogP contribution >= 0.6 is 0 Å². The molecule has 1 aliphatic rings. The van der Waals surface area contributed by atoms with Crippen molar-refractivity contribution in [2.24, 2.45) is 0 Å². The lowest BCUT2D eigenvalue weighted by atomic mass is 9.77. The van der Waals surface area contributed by atoms with E-state index >= 15 is 0 Å². The number of benzene rings is 1. The molecule has 1 aliphatic carbocycles. The van der Waals surface area contributed by atoms with Crippen LogP contribution in [0, 0.1) is 10.1 Å². The molecule has 0 amide bonds. The van der Waals surface area contributed by atoms with Crippen molar-refractivity contribution in [2.45, 2.75) is 76.2 Å². The van der Waals surface area contributed by atoms with Crippen molar-refractivity contribution in [3.05, 3.63) is 39.4 Å². The number of phenols is 1. The molecule has 1 aromatic rings. The van der Waals surface area contributed by atoms with Crippen molar-refractivity contribution in [3.63, 3.8) is 0 Å². The fourth-order valence-electron chi connectivity index (χ4n) is 3.71. The van der Waals surface area contributed by atoms with Gasteiger partial charge in [0.1, 0.15) is 5.75 Å². The van der Waals surface area contributed by atoms with Crippen LogP contribution in [0.1, 0.15) is 75.8 Å². The van der Waals surface area contributed by atoms with Gasteiger partial charge in [0.2, 0.25) is 0 Å². The Bertz CT molecular complexity index is 587. The van der Waals surface area contributed by atoms with Crippen LogP contribution in [-0.2, 0) is 10.3 Å². The molecule has 0 saturated heterocycles. The van der Waals surface area contributed by atoms with E-state index in [1.54, 1.807) is 0 Å². The third-order valence-electron chi connectivity index (χ3n) is 5.29. The minimum atomic E-state index is -0.760. The molecule has 0 bridgehead atoms. The molecular formula is C19H29NO5. The van der Waals surface area contributed by atoms with Crippen molar-refractivity contribution >= 4 is 0 Å². The van der Waals surface area contributed by atoms with Crippen molar-refractivity contribution in [3.8, 4) is 5.75 Å². The molecule has 140 valence electrons. The summed E-state index contributed by atoms with van der Waals surface area (Å²) < 4.78 is 0. The molecule has 0 radical (unpaired) electrons. The van der Waals surface area contributed by atoms with Gasteiger partial charge in [-0.2, -0.15) is 0 Å². The summed E-state index contributed by atoms with van der Waals surface area (Å²) in [6.07, 6.45) is 5.60. The Kier molecular flexibility index (Phi) is 6.64. The van der Waals surface area contributed by atoms with Crippen LogP contribution in [0.25, 0.3) is 0 Å². The molecule has 0 unspecified atom stereocenters. The molecule has 1 fully saturated rings. The standard InChI is InChI=1S/C19H29NO5/c1-19(2,10-3-4-11-25-20(23)24)15-8-9-17(18(22)13-15)14-6-5-7-16(21)12-14/h8-9,13-14,16,21-22H,3-7,10-12H2,1-2H3/t14-,16+/m0/s1. The Labute approximate surface area is 148 Å². The molecule has 1 saturated carbocycles. The molecule has 0 aromatic heterocycles. The first kappa shape index (κ1) is 19.5. The topological polar surface area (TPSA) is 92.8 Å². The Morgan fingerprint density at radius 3 is 2.72 bits per heavy atom. The lowest BCUT2D eigenvalue weighted by Crippen LogP contribution is -2.19. The maximum absolute atomic E-state index is 10.5. The first-order chi connectivity index (χ1) is 11.8. The van der Waals surface area contributed by atoms with E-state index in [1.165, 1.54) is 0 Å². The lowest BCUT2D eigenvalue weighted by Gasteiger charge is -2.29. The van der Waals surface area contributed by atoms with Crippen LogP contribution in [0.4, 0.5) is 0 Å². The maximum atomic E-state index is 10.5. The van der Waals surface area contributed by atoms with Gasteiger partial charge in [-0.3, -0.25) is 0 Å². The van der Waals surface area contributed by atoms with Gasteiger partial charge in [-0.15, -0.1) is 10.1 Å². The second-order valence-electron chi connectivity index (χ2n) is 7.69. The normalized spacial score (nSPS) is 21.1. The number of rotatable bonds is 8. The van der Waals surface area contributed by atoms with Gasteiger partial charge >= 0.3 is 0 Å². The van der Waals surface area contributed by atoms with Gasteiger partial charge < -0.3 is 15.1 Å². The zero-order valence-electron chi connectivity index (χ0n) is 15.1. The largest absolute Gasteiger partial charge is 0.508 e. The second-order valence-corrected chi connectivity index (χ2v) is 7.69. The van der Waals surface area contributed by atoms with Crippen molar-refractivity contribution in [2.75, 3.05) is 6.61 Å². The Morgan fingerprint density at radius 1 is 1.32 bits per heavy atom. The SMILES string of the molecule is CC(C)(CCCCO[N+](=O)[O-])c1ccc([C@H]2CCC[C@@H](O)C2)c(O)c1. The first-order valence-electron chi connectivity index (χ1n) is 9.08. The summed E-state index contributed by atoms with van der Waals surface area (Å²) in [7, 11) is 0. The smallest absolute Gasteiger partial charge is 0.294 e. The van der Waals surface area contributed by atoms with Gasteiger partial charge in [-0.25, -0.2) is 0 Å². The maximum Gasteiger partial charge on any atom is 0.294 e. The summed E-state index contributed by atoms with van der Waals surface area (Å²) in [6, 6.07) is 5.89. The van der Waals surface area contributed by atoms with E-state index in [9.17, 15) is 20.3 Å². The minimum Gasteiger partial charge on any atom is -0.508 e. The van der Waals surface area contributed by atoms with E-state index in [2.05, 4.69) is 24.8 Å². The second kappa shape index (κ2) is 8.52. The average Bonchev–Trinajstić information content (AvgIpc) is 2.54. The predicted molar refractivity (Wildman–Crippen MR) is 95.1 cm³/mol. The molecule has 25 heavy (non-hydrogen) atoms. The molecule has 0 aliphatic heterocycles. The third kappa shape index (κ3) is 5.59. The van der Waals surface area contributed by atoms with Gasteiger partial charge in [-0.05, 0) is 60.6 Å². The van der Waals surface area contributed by atoms with Crippen LogP contribution < -0.4 is 0 Å². The first-order valence-corrected chi connectivity index (χ1v) is 9.08. The van der Waals surface area contributed by atoms with Crippen LogP contribution in [0.3, 0.4) is 0 Å². The van der Waals surface area contributed by atoms with Crippen LogP contribution in [0.5, 0.6) is 5.75 Å². The fourth-order valence-corrected chi connectivity index (χ4v) is 3.71. The van der Waals surface area contributed by atoms with Gasteiger partial charge in [0.05, 0.1) is 12.7 Å². The Balaban J connectivity index is 1.96. The van der Waals surface area contributed by atoms with E-state index in [0.29, 0.717) is 18.6 Å². The average molecular weight is 351 g/mol. The highest BCUT2D eigenvalue weighted by Gasteiger charge is 2.26. The zero-order chi connectivity index (χ0) is 18.4. The quantitative estimate of drug-likeness (QED) is 0.418. The molecule has 6 nitrogen and oxygen atoms in total. The predicted octanol–water partition coefficient (Wildman–Crippen LogP) is 4.07. The van der Waals surface area contributed by atoms with Gasteiger partial charge in [0, 0.05) is 0 Å². The molecule has 6 heteroatoms. The molecule has 0 spiro atoms. The van der Waals surface area contributed by atoms with Gasteiger partial charge in [0.15, 0.2) is 0 Å². The van der Waals surface area contributed by atoms with Crippen LogP contribution in [-0.4, -0.2) is 28.0 Å².